The van der Waals surface area contributed by atoms with E-state index in [-0.39, 0.29) is 17.6 Å². The molecule has 0 bridgehead atoms. The second-order valence-electron chi connectivity index (χ2n) is 7.54. The topological polar surface area (TPSA) is 76.5 Å². The number of aromatic nitrogens is 2. The molecule has 0 saturated carbocycles. The van der Waals surface area contributed by atoms with Gasteiger partial charge in [0.05, 0.1) is 18.6 Å². The molecular weight excluding hydrogens is 424 g/mol. The molecule has 3 aromatic rings. The van der Waals surface area contributed by atoms with Crippen molar-refractivity contribution in [1.29, 1.82) is 0 Å². The van der Waals surface area contributed by atoms with Gasteiger partial charge in [-0.3, -0.25) is 14.2 Å². The maximum absolute atomic E-state index is 12.4. The van der Waals surface area contributed by atoms with Crippen molar-refractivity contribution in [1.82, 2.24) is 19.8 Å². The molecule has 1 saturated heterocycles. The number of hydrogen-bond acceptors (Lipinski definition) is 5. The van der Waals surface area contributed by atoms with Gasteiger partial charge in [0.25, 0.3) is 5.91 Å². The average molecular weight is 451 g/mol. The average Bonchev–Trinajstić information content (AvgIpc) is 3.54. The fourth-order valence-electron chi connectivity index (χ4n) is 3.60. The molecule has 8 heteroatoms. The number of benzene rings is 2. The molecule has 1 N–H and O–H groups in total. The van der Waals surface area contributed by atoms with Crippen LogP contribution in [-0.4, -0.2) is 52.2 Å². The first-order chi connectivity index (χ1) is 15.6. The summed E-state index contributed by atoms with van der Waals surface area (Å²) < 4.78 is 7.21. The summed E-state index contributed by atoms with van der Waals surface area (Å²) in [5.74, 6) is 1.03. The molecule has 4 rings (SSSR count). The third kappa shape index (κ3) is 5.31. The van der Waals surface area contributed by atoms with Gasteiger partial charge in [-0.05, 0) is 42.7 Å². The van der Waals surface area contributed by atoms with E-state index in [0.717, 1.165) is 48.1 Å². The number of amides is 2. The lowest BCUT2D eigenvalue weighted by molar-refractivity contribution is -0.118. The number of methoxy groups -OCH3 is 1. The van der Waals surface area contributed by atoms with Crippen molar-refractivity contribution in [3.63, 3.8) is 0 Å². The molecule has 2 amide bonds. The summed E-state index contributed by atoms with van der Waals surface area (Å²) in [6, 6.07) is 15.1. The van der Waals surface area contributed by atoms with Crippen LogP contribution < -0.4 is 10.1 Å². The Morgan fingerprint density at radius 3 is 2.66 bits per heavy atom. The molecule has 0 unspecified atom stereocenters. The highest BCUT2D eigenvalue weighted by Crippen LogP contribution is 2.23. The van der Waals surface area contributed by atoms with E-state index in [1.807, 2.05) is 64.2 Å². The number of hydrogen-bond donors (Lipinski definition) is 1. The van der Waals surface area contributed by atoms with Gasteiger partial charge in [0, 0.05) is 43.7 Å². The van der Waals surface area contributed by atoms with Gasteiger partial charge < -0.3 is 15.0 Å². The van der Waals surface area contributed by atoms with E-state index in [0.29, 0.717) is 12.1 Å². The van der Waals surface area contributed by atoms with E-state index in [2.05, 4.69) is 10.3 Å². The molecule has 1 aromatic heterocycles. The molecule has 0 spiro atoms. The van der Waals surface area contributed by atoms with Crippen molar-refractivity contribution in [2.45, 2.75) is 24.5 Å². The smallest absolute Gasteiger partial charge is 0.253 e. The fraction of sp³-hybridized carbons (Fsp3) is 0.292. The second-order valence-corrected chi connectivity index (χ2v) is 8.49. The van der Waals surface area contributed by atoms with Crippen molar-refractivity contribution in [3.05, 3.63) is 72.1 Å². The Morgan fingerprint density at radius 2 is 1.91 bits per heavy atom. The molecular formula is C24H26N4O3S. The first-order valence-electron chi connectivity index (χ1n) is 10.6. The van der Waals surface area contributed by atoms with Gasteiger partial charge in [0.1, 0.15) is 5.75 Å². The Bertz CT molecular complexity index is 1070. The zero-order valence-electron chi connectivity index (χ0n) is 18.0. The third-order valence-electron chi connectivity index (χ3n) is 5.35. The molecule has 1 fully saturated rings. The molecule has 1 aliphatic rings. The Labute approximate surface area is 191 Å². The first kappa shape index (κ1) is 22.0. The molecule has 0 atom stereocenters. The fourth-order valence-corrected chi connectivity index (χ4v) is 4.41. The van der Waals surface area contributed by atoms with Gasteiger partial charge in [-0.1, -0.05) is 30.0 Å². The maximum atomic E-state index is 12.4. The number of carbonyl (C=O) groups excluding carboxylic acids is 2. The van der Waals surface area contributed by atoms with Crippen LogP contribution in [0, 0.1) is 0 Å². The number of nitrogens with zero attached hydrogens (tertiary/aromatic N) is 3. The van der Waals surface area contributed by atoms with E-state index in [1.165, 1.54) is 11.8 Å². The van der Waals surface area contributed by atoms with Crippen LogP contribution in [0.15, 0.2) is 66.1 Å². The Kier molecular flexibility index (Phi) is 7.11. The van der Waals surface area contributed by atoms with Crippen molar-refractivity contribution < 1.29 is 14.3 Å². The molecule has 7 nitrogen and oxygen atoms in total. The maximum Gasteiger partial charge on any atom is 0.253 e. The number of likely N-dealkylation sites (tertiary alicyclic amines) is 1. The van der Waals surface area contributed by atoms with Crippen LogP contribution in [0.2, 0.25) is 0 Å². The monoisotopic (exact) mass is 450 g/mol. The van der Waals surface area contributed by atoms with E-state index >= 15 is 0 Å². The quantitative estimate of drug-likeness (QED) is 0.532. The number of carbonyl (C=O) groups is 2. The molecule has 32 heavy (non-hydrogen) atoms. The zero-order chi connectivity index (χ0) is 22.3. The third-order valence-corrected chi connectivity index (χ3v) is 6.32. The molecule has 2 heterocycles. The summed E-state index contributed by atoms with van der Waals surface area (Å²) >= 11 is 1.37. The highest BCUT2D eigenvalue weighted by Gasteiger charge is 2.19. The van der Waals surface area contributed by atoms with E-state index < -0.39 is 0 Å². The predicted molar refractivity (Wildman–Crippen MR) is 124 cm³/mol. The lowest BCUT2D eigenvalue weighted by Crippen LogP contribution is -2.27. The first-order valence-corrected chi connectivity index (χ1v) is 11.6. The summed E-state index contributed by atoms with van der Waals surface area (Å²) in [5, 5.41) is 3.66. The largest absolute Gasteiger partial charge is 0.497 e. The number of thioether (sulfide) groups is 1. The normalized spacial score (nSPS) is 13.2. The van der Waals surface area contributed by atoms with Crippen LogP contribution in [-0.2, 0) is 11.3 Å². The highest BCUT2D eigenvalue weighted by molar-refractivity contribution is 7.99. The second kappa shape index (κ2) is 10.4. The van der Waals surface area contributed by atoms with Gasteiger partial charge in [-0.25, -0.2) is 4.98 Å². The van der Waals surface area contributed by atoms with Crippen LogP contribution in [0.3, 0.4) is 0 Å². The summed E-state index contributed by atoms with van der Waals surface area (Å²) in [6.07, 6.45) is 5.73. The minimum absolute atomic E-state index is 0.0765. The summed E-state index contributed by atoms with van der Waals surface area (Å²) in [5.41, 5.74) is 2.58. The summed E-state index contributed by atoms with van der Waals surface area (Å²) in [4.78, 5) is 31.0. The zero-order valence-corrected chi connectivity index (χ0v) is 18.8. The molecule has 0 radical (unpaired) electrons. The molecule has 0 aliphatic carbocycles. The highest BCUT2D eigenvalue weighted by atomic mass is 32.2. The van der Waals surface area contributed by atoms with Crippen LogP contribution in [0.25, 0.3) is 5.69 Å². The molecule has 166 valence electrons. The minimum Gasteiger partial charge on any atom is -0.497 e. The Morgan fingerprint density at radius 1 is 1.12 bits per heavy atom. The van der Waals surface area contributed by atoms with E-state index in [9.17, 15) is 9.59 Å². The summed E-state index contributed by atoms with van der Waals surface area (Å²) in [7, 11) is 1.63. The number of nitrogens with one attached hydrogen (secondary N) is 1. The van der Waals surface area contributed by atoms with Gasteiger partial charge in [-0.15, -0.1) is 0 Å². The van der Waals surface area contributed by atoms with Gasteiger partial charge >= 0.3 is 0 Å². The van der Waals surface area contributed by atoms with Crippen LogP contribution in [0.4, 0.5) is 0 Å². The lowest BCUT2D eigenvalue weighted by atomic mass is 10.1. The predicted octanol–water partition coefficient (Wildman–Crippen LogP) is 3.53. The van der Waals surface area contributed by atoms with Crippen molar-refractivity contribution >= 4 is 23.6 Å². The van der Waals surface area contributed by atoms with E-state index in [4.69, 9.17) is 4.74 Å². The SMILES string of the molecule is COc1cccc(-n2ccnc2SCC(=O)NCc2ccc(C(=O)N3CCCC3)cc2)c1. The van der Waals surface area contributed by atoms with Crippen molar-refractivity contribution in [2.24, 2.45) is 0 Å². The molecule has 2 aromatic carbocycles. The van der Waals surface area contributed by atoms with Gasteiger partial charge in [0.2, 0.25) is 5.91 Å². The van der Waals surface area contributed by atoms with Gasteiger partial charge in [0.15, 0.2) is 5.16 Å². The lowest BCUT2D eigenvalue weighted by Gasteiger charge is -2.15. The van der Waals surface area contributed by atoms with Gasteiger partial charge in [-0.2, -0.15) is 0 Å². The van der Waals surface area contributed by atoms with E-state index in [1.54, 1.807) is 13.3 Å². The standard InChI is InChI=1S/C24H26N4O3S/c1-31-21-6-4-5-20(15-21)28-14-11-25-24(28)32-17-22(29)26-16-18-7-9-19(10-8-18)23(30)27-12-2-3-13-27/h4-11,14-15H,2-3,12-13,16-17H2,1H3,(H,26,29). The minimum atomic E-state index is -0.0765. The van der Waals surface area contributed by atoms with Crippen LogP contribution >= 0.6 is 11.8 Å². The molecule has 1 aliphatic heterocycles. The Hall–Kier alpha value is -3.26. The Balaban J connectivity index is 1.28. The van der Waals surface area contributed by atoms with Crippen molar-refractivity contribution in [2.75, 3.05) is 26.0 Å². The number of rotatable bonds is 8. The summed E-state index contributed by atoms with van der Waals surface area (Å²) in [6.45, 7) is 2.09. The number of ether oxygens (including phenoxy) is 1. The number of imidazole rings is 1. The van der Waals surface area contributed by atoms with Crippen LogP contribution in [0.5, 0.6) is 5.75 Å². The van der Waals surface area contributed by atoms with Crippen molar-refractivity contribution in [3.8, 4) is 11.4 Å². The van der Waals surface area contributed by atoms with Crippen LogP contribution in [0.1, 0.15) is 28.8 Å².